The number of halogens is 3. The molecule has 0 aliphatic heterocycles. The molecule has 0 aliphatic carbocycles. The number of para-hydroxylation sites is 1. The van der Waals surface area contributed by atoms with Gasteiger partial charge in [-0.2, -0.15) is 0 Å². The molecule has 0 fully saturated rings. The van der Waals surface area contributed by atoms with Gasteiger partial charge in [0.05, 0.1) is 0 Å². The van der Waals surface area contributed by atoms with Gasteiger partial charge >= 0.3 is 5.20 Å². The van der Waals surface area contributed by atoms with Crippen molar-refractivity contribution >= 4 is 38.9 Å². The Kier molecular flexibility index (Phi) is 11.4. The maximum atomic E-state index is 9.51. The molecule has 0 amide bonds. The molecule has 2 aromatic rings. The molecule has 4 nitrogen and oxygen atoms in total. The van der Waals surface area contributed by atoms with Crippen LogP contribution in [0.15, 0.2) is 54.6 Å². The number of aromatic hydroxyl groups is 1. The predicted octanol–water partition coefficient (Wildman–Crippen LogP) is 4.81. The maximum absolute atomic E-state index is 9.51. The van der Waals surface area contributed by atoms with Gasteiger partial charge in [-0.15, -0.1) is 0 Å². The number of nitrogens with two attached hydrogens (primary N) is 2. The van der Waals surface area contributed by atoms with E-state index in [1.54, 1.807) is 24.3 Å². The Balaban J connectivity index is 0.000000322. The lowest BCUT2D eigenvalue weighted by Gasteiger charge is -2.02. The van der Waals surface area contributed by atoms with Gasteiger partial charge in [-0.3, -0.25) is 4.57 Å². The van der Waals surface area contributed by atoms with Crippen molar-refractivity contribution in [3.8, 4) is 5.75 Å². The molecule has 0 heterocycles. The molecule has 0 aromatic heterocycles. The lowest BCUT2D eigenvalue weighted by Crippen LogP contribution is -2.05. The lowest BCUT2D eigenvalue weighted by molar-refractivity contribution is 0.475. The standard InChI is InChI=1S/C8H12N2.C6H6O.Cl3OP/c9-5-7-3-1-2-4-8(7)6-10;7-6-4-2-1-3-5-6;1-5(2,3)4/h1-4H,5-6,9-10H2;1-5,7H;. The minimum atomic E-state index is -3.22. The van der Waals surface area contributed by atoms with Crippen LogP contribution >= 0.6 is 38.9 Å². The van der Waals surface area contributed by atoms with Crippen molar-refractivity contribution in [2.45, 2.75) is 13.1 Å². The highest BCUT2D eigenvalue weighted by atomic mass is 36.0. The average molecular weight is 384 g/mol. The highest BCUT2D eigenvalue weighted by Crippen LogP contribution is 2.61. The first-order chi connectivity index (χ1) is 10.3. The molecule has 2 aromatic carbocycles. The molecular formula is C14H18Cl3N2O2P. The van der Waals surface area contributed by atoms with Crippen LogP contribution < -0.4 is 11.5 Å². The topological polar surface area (TPSA) is 89.3 Å². The molecule has 122 valence electrons. The van der Waals surface area contributed by atoms with E-state index in [0.29, 0.717) is 18.8 Å². The van der Waals surface area contributed by atoms with Gasteiger partial charge in [0.2, 0.25) is 0 Å². The smallest absolute Gasteiger partial charge is 0.339 e. The van der Waals surface area contributed by atoms with Gasteiger partial charge in [0, 0.05) is 13.1 Å². The van der Waals surface area contributed by atoms with Crippen LogP contribution in [0.3, 0.4) is 0 Å². The highest BCUT2D eigenvalue weighted by molar-refractivity contribution is 8.24. The molecule has 5 N–H and O–H groups in total. The SMILES string of the molecule is NCc1ccccc1CN.O=P(Cl)(Cl)Cl.Oc1ccccc1. The summed E-state index contributed by atoms with van der Waals surface area (Å²) in [7, 11) is 0. The van der Waals surface area contributed by atoms with E-state index in [1.165, 1.54) is 0 Å². The summed E-state index contributed by atoms with van der Waals surface area (Å²) in [5.41, 5.74) is 13.2. The third kappa shape index (κ3) is 13.0. The second kappa shape index (κ2) is 11.8. The van der Waals surface area contributed by atoms with Crippen molar-refractivity contribution < 1.29 is 9.67 Å². The molecule has 0 radical (unpaired) electrons. The number of phenols is 1. The van der Waals surface area contributed by atoms with E-state index in [2.05, 4.69) is 33.7 Å². The predicted molar refractivity (Wildman–Crippen MR) is 95.5 cm³/mol. The molecule has 22 heavy (non-hydrogen) atoms. The second-order valence-corrected chi connectivity index (χ2v) is 10.6. The van der Waals surface area contributed by atoms with Crippen LogP contribution in [0.4, 0.5) is 0 Å². The molecule has 0 aliphatic rings. The third-order valence-electron chi connectivity index (χ3n) is 2.31. The molecule has 0 unspecified atom stereocenters. The summed E-state index contributed by atoms with van der Waals surface area (Å²) in [6, 6.07) is 16.7. The van der Waals surface area contributed by atoms with E-state index >= 15 is 0 Å². The zero-order valence-electron chi connectivity index (χ0n) is 11.7. The molecule has 8 heteroatoms. The quantitative estimate of drug-likeness (QED) is 0.649. The normalized spacial score (nSPS) is 9.86. The fraction of sp³-hybridized carbons (Fsp3) is 0.143. The van der Waals surface area contributed by atoms with Crippen molar-refractivity contribution in [3.05, 3.63) is 65.7 Å². The van der Waals surface area contributed by atoms with Crippen molar-refractivity contribution in [2.24, 2.45) is 11.5 Å². The molecule has 0 spiro atoms. The Labute approximate surface area is 144 Å². The fourth-order valence-corrected chi connectivity index (χ4v) is 1.38. The summed E-state index contributed by atoms with van der Waals surface area (Å²) in [6.45, 7) is 1.15. The number of benzene rings is 2. The van der Waals surface area contributed by atoms with Gasteiger partial charge in [-0.1, -0.05) is 42.5 Å². The molecule has 2 rings (SSSR count). The lowest BCUT2D eigenvalue weighted by atomic mass is 10.1. The zero-order valence-corrected chi connectivity index (χ0v) is 14.9. The number of hydrogen-bond donors (Lipinski definition) is 3. The molecule has 0 bridgehead atoms. The summed E-state index contributed by atoms with van der Waals surface area (Å²) in [6.07, 6.45) is 0. The molecule has 0 atom stereocenters. The van der Waals surface area contributed by atoms with Crippen LogP contribution in [0.25, 0.3) is 0 Å². The zero-order chi connectivity index (χ0) is 17.0. The molecule has 0 saturated carbocycles. The first kappa shape index (κ1) is 21.3. The number of hydrogen-bond acceptors (Lipinski definition) is 4. The molecular weight excluding hydrogens is 365 g/mol. The first-order valence-electron chi connectivity index (χ1n) is 6.17. The molecule has 0 saturated heterocycles. The van der Waals surface area contributed by atoms with E-state index in [1.807, 2.05) is 30.3 Å². The van der Waals surface area contributed by atoms with Crippen molar-refractivity contribution in [2.75, 3.05) is 0 Å². The summed E-state index contributed by atoms with van der Waals surface area (Å²) >= 11 is 13.8. The van der Waals surface area contributed by atoms with E-state index < -0.39 is 5.20 Å². The highest BCUT2D eigenvalue weighted by Gasteiger charge is 2.03. The van der Waals surface area contributed by atoms with Crippen LogP contribution in [0, 0.1) is 0 Å². The number of phenolic OH excluding ortho intramolecular Hbond substituents is 1. The summed E-state index contributed by atoms with van der Waals surface area (Å²) in [5.74, 6) is 0.322. The van der Waals surface area contributed by atoms with Gasteiger partial charge in [-0.25, -0.2) is 0 Å². The largest absolute Gasteiger partial charge is 0.508 e. The fourth-order valence-electron chi connectivity index (χ4n) is 1.38. The Morgan fingerprint density at radius 3 is 1.36 bits per heavy atom. The maximum Gasteiger partial charge on any atom is 0.339 e. The Bertz CT molecular complexity index is 548. The summed E-state index contributed by atoms with van der Waals surface area (Å²) < 4.78 is 9.51. The summed E-state index contributed by atoms with van der Waals surface area (Å²) in [5, 5.41) is 5.41. The van der Waals surface area contributed by atoms with Crippen LogP contribution in [0.5, 0.6) is 5.75 Å². The van der Waals surface area contributed by atoms with Gasteiger partial charge in [-0.05, 0) is 57.0 Å². The van der Waals surface area contributed by atoms with Crippen molar-refractivity contribution in [1.82, 2.24) is 0 Å². The van der Waals surface area contributed by atoms with E-state index in [-0.39, 0.29) is 0 Å². The van der Waals surface area contributed by atoms with Crippen LogP contribution in [0.2, 0.25) is 0 Å². The summed E-state index contributed by atoms with van der Waals surface area (Å²) in [4.78, 5) is 0. The average Bonchev–Trinajstić information content (AvgIpc) is 2.47. The third-order valence-corrected chi connectivity index (χ3v) is 2.31. The van der Waals surface area contributed by atoms with E-state index in [4.69, 9.17) is 16.6 Å². The number of rotatable bonds is 2. The van der Waals surface area contributed by atoms with Gasteiger partial charge in [0.15, 0.2) is 0 Å². The monoisotopic (exact) mass is 382 g/mol. The van der Waals surface area contributed by atoms with Crippen molar-refractivity contribution in [1.29, 1.82) is 0 Å². The van der Waals surface area contributed by atoms with Gasteiger partial charge in [0.25, 0.3) is 0 Å². The van der Waals surface area contributed by atoms with Crippen LogP contribution in [0.1, 0.15) is 11.1 Å². The van der Waals surface area contributed by atoms with E-state index in [9.17, 15) is 4.57 Å². The van der Waals surface area contributed by atoms with Crippen LogP contribution in [-0.2, 0) is 17.7 Å². The minimum absolute atomic E-state index is 0.322. The van der Waals surface area contributed by atoms with Crippen molar-refractivity contribution in [3.63, 3.8) is 0 Å². The van der Waals surface area contributed by atoms with Gasteiger partial charge < -0.3 is 16.6 Å². The van der Waals surface area contributed by atoms with Crippen LogP contribution in [-0.4, -0.2) is 5.11 Å². The Morgan fingerprint density at radius 2 is 1.14 bits per heavy atom. The Hall–Kier alpha value is -0.740. The second-order valence-electron chi connectivity index (χ2n) is 3.91. The first-order valence-corrected chi connectivity index (χ1v) is 10.6. The Morgan fingerprint density at radius 1 is 0.818 bits per heavy atom. The van der Waals surface area contributed by atoms with Gasteiger partial charge in [0.1, 0.15) is 5.75 Å². The minimum Gasteiger partial charge on any atom is -0.508 e. The van der Waals surface area contributed by atoms with E-state index in [0.717, 1.165) is 11.1 Å².